The maximum atomic E-state index is 11.5. The maximum Gasteiger partial charge on any atom is 0.245 e. The summed E-state index contributed by atoms with van der Waals surface area (Å²) in [6.07, 6.45) is 1.39. The normalized spacial score (nSPS) is 10.8. The van der Waals surface area contributed by atoms with E-state index in [1.54, 1.807) is 0 Å². The van der Waals surface area contributed by atoms with Crippen LogP contribution in [0.5, 0.6) is 5.88 Å². The molecule has 0 saturated heterocycles. The molecule has 1 amide bonds. The fourth-order valence-electron chi connectivity index (χ4n) is 2.68. The molecular formula is C21H25N5O3. The topological polar surface area (TPSA) is 112 Å². The highest BCUT2D eigenvalue weighted by Gasteiger charge is 2.11. The molecule has 8 nitrogen and oxygen atoms in total. The zero-order chi connectivity index (χ0) is 20.6. The highest BCUT2D eigenvalue weighted by molar-refractivity contribution is 5.90. The van der Waals surface area contributed by atoms with Crippen LogP contribution in [0.4, 0.5) is 11.6 Å². The van der Waals surface area contributed by atoms with E-state index in [2.05, 4.69) is 27.2 Å². The Morgan fingerprint density at radius 2 is 1.79 bits per heavy atom. The Hall–Kier alpha value is -3.26. The average molecular weight is 395 g/mol. The van der Waals surface area contributed by atoms with Gasteiger partial charge in [0, 0.05) is 24.3 Å². The SMILES string of the molecule is CCCOCCOc1nc(N)nc2ccc(-c3ccc(NC(=O)CC)cc3)nc12. The summed E-state index contributed by atoms with van der Waals surface area (Å²) in [6, 6.07) is 11.2. The van der Waals surface area contributed by atoms with Crippen molar-refractivity contribution >= 4 is 28.6 Å². The molecule has 0 unspecified atom stereocenters. The molecule has 0 saturated carbocycles. The molecule has 2 aromatic heterocycles. The molecule has 3 N–H and O–H groups in total. The van der Waals surface area contributed by atoms with E-state index < -0.39 is 0 Å². The maximum absolute atomic E-state index is 11.5. The smallest absolute Gasteiger partial charge is 0.245 e. The standard InChI is InChI=1S/C21H25N5O3/c1-3-11-28-12-13-29-20-19-17(25-21(22)26-20)10-9-16(24-19)14-5-7-15(8-6-14)23-18(27)4-2/h5-10H,3-4,11-13H2,1-2H3,(H,23,27)(H2,22,25,26). The molecule has 29 heavy (non-hydrogen) atoms. The summed E-state index contributed by atoms with van der Waals surface area (Å²) in [6.45, 7) is 5.36. The van der Waals surface area contributed by atoms with Crippen molar-refractivity contribution in [1.29, 1.82) is 0 Å². The minimum Gasteiger partial charge on any atom is -0.474 e. The highest BCUT2D eigenvalue weighted by Crippen LogP contribution is 2.26. The van der Waals surface area contributed by atoms with Gasteiger partial charge in [-0.25, -0.2) is 9.97 Å². The summed E-state index contributed by atoms with van der Waals surface area (Å²) in [5.74, 6) is 0.440. The second kappa shape index (κ2) is 9.79. The molecule has 0 spiro atoms. The van der Waals surface area contributed by atoms with Crippen LogP contribution in [-0.4, -0.2) is 40.7 Å². The number of carbonyl (C=O) groups is 1. The van der Waals surface area contributed by atoms with Crippen molar-refractivity contribution in [3.8, 4) is 17.1 Å². The fraction of sp³-hybridized carbons (Fsp3) is 0.333. The number of carbonyl (C=O) groups excluding carboxylic acids is 1. The van der Waals surface area contributed by atoms with E-state index in [0.29, 0.717) is 43.2 Å². The number of nitrogens with zero attached hydrogens (tertiary/aromatic N) is 3. The van der Waals surface area contributed by atoms with Gasteiger partial charge >= 0.3 is 0 Å². The third-order valence-corrected chi connectivity index (χ3v) is 4.13. The molecule has 3 aromatic rings. The molecule has 0 aliphatic carbocycles. The van der Waals surface area contributed by atoms with Crippen molar-refractivity contribution in [3.63, 3.8) is 0 Å². The summed E-state index contributed by atoms with van der Waals surface area (Å²) >= 11 is 0. The van der Waals surface area contributed by atoms with Gasteiger partial charge in [0.15, 0.2) is 5.52 Å². The number of ether oxygens (including phenoxy) is 2. The van der Waals surface area contributed by atoms with Gasteiger partial charge in [-0.05, 0) is 30.7 Å². The quantitative estimate of drug-likeness (QED) is 0.534. The van der Waals surface area contributed by atoms with Gasteiger partial charge in [0.2, 0.25) is 17.7 Å². The summed E-state index contributed by atoms with van der Waals surface area (Å²) in [7, 11) is 0. The van der Waals surface area contributed by atoms with Crippen molar-refractivity contribution in [3.05, 3.63) is 36.4 Å². The molecule has 0 fully saturated rings. The van der Waals surface area contributed by atoms with Crippen LogP contribution in [0.3, 0.4) is 0 Å². The van der Waals surface area contributed by atoms with Crippen LogP contribution in [0.1, 0.15) is 26.7 Å². The lowest BCUT2D eigenvalue weighted by molar-refractivity contribution is -0.115. The second-order valence-electron chi connectivity index (χ2n) is 6.39. The van der Waals surface area contributed by atoms with Crippen molar-refractivity contribution in [2.45, 2.75) is 26.7 Å². The number of nitrogens with one attached hydrogen (secondary N) is 1. The largest absolute Gasteiger partial charge is 0.474 e. The van der Waals surface area contributed by atoms with Gasteiger partial charge in [-0.15, -0.1) is 0 Å². The van der Waals surface area contributed by atoms with Crippen LogP contribution in [0, 0.1) is 0 Å². The summed E-state index contributed by atoms with van der Waals surface area (Å²) in [4.78, 5) is 24.6. The number of fused-ring (bicyclic) bond motifs is 1. The monoisotopic (exact) mass is 395 g/mol. The first kappa shape index (κ1) is 20.5. The average Bonchev–Trinajstić information content (AvgIpc) is 2.73. The first-order valence-electron chi connectivity index (χ1n) is 9.65. The number of amides is 1. The number of nitrogens with two attached hydrogens (primary N) is 1. The predicted octanol–water partition coefficient (Wildman–Crippen LogP) is 3.43. The first-order chi connectivity index (χ1) is 14.1. The van der Waals surface area contributed by atoms with Gasteiger partial charge in [0.25, 0.3) is 0 Å². The number of hydrogen-bond acceptors (Lipinski definition) is 7. The Balaban J connectivity index is 1.83. The first-order valence-corrected chi connectivity index (χ1v) is 9.65. The Morgan fingerprint density at radius 3 is 2.52 bits per heavy atom. The molecule has 0 radical (unpaired) electrons. The molecule has 0 aliphatic heterocycles. The van der Waals surface area contributed by atoms with E-state index in [0.717, 1.165) is 23.4 Å². The predicted molar refractivity (Wildman–Crippen MR) is 113 cm³/mol. The minimum atomic E-state index is -0.0268. The van der Waals surface area contributed by atoms with Crippen LogP contribution in [-0.2, 0) is 9.53 Å². The number of rotatable bonds is 9. The van der Waals surface area contributed by atoms with E-state index in [1.165, 1.54) is 0 Å². The van der Waals surface area contributed by atoms with Crippen LogP contribution in [0.25, 0.3) is 22.3 Å². The van der Waals surface area contributed by atoms with E-state index in [9.17, 15) is 4.79 Å². The molecule has 0 aliphatic rings. The molecule has 2 heterocycles. The lowest BCUT2D eigenvalue weighted by atomic mass is 10.1. The minimum absolute atomic E-state index is 0.0268. The van der Waals surface area contributed by atoms with Crippen LogP contribution >= 0.6 is 0 Å². The molecule has 0 bridgehead atoms. The summed E-state index contributed by atoms with van der Waals surface area (Å²) in [5.41, 5.74) is 9.33. The Morgan fingerprint density at radius 1 is 1.00 bits per heavy atom. The Bertz CT molecular complexity index is 976. The van der Waals surface area contributed by atoms with Crippen molar-refractivity contribution in [1.82, 2.24) is 15.0 Å². The van der Waals surface area contributed by atoms with E-state index in [4.69, 9.17) is 15.2 Å². The van der Waals surface area contributed by atoms with Gasteiger partial charge in [-0.2, -0.15) is 4.98 Å². The third kappa shape index (κ3) is 5.39. The Labute approximate surface area is 169 Å². The number of aromatic nitrogens is 3. The number of anilines is 2. The number of pyridine rings is 1. The van der Waals surface area contributed by atoms with E-state index in [-0.39, 0.29) is 11.9 Å². The van der Waals surface area contributed by atoms with Gasteiger partial charge in [-0.3, -0.25) is 4.79 Å². The van der Waals surface area contributed by atoms with Crippen molar-refractivity contribution in [2.24, 2.45) is 0 Å². The lowest BCUT2D eigenvalue weighted by Crippen LogP contribution is -2.10. The summed E-state index contributed by atoms with van der Waals surface area (Å²) < 4.78 is 11.2. The molecular weight excluding hydrogens is 370 g/mol. The Kier molecular flexibility index (Phi) is 6.91. The van der Waals surface area contributed by atoms with Crippen LogP contribution in [0.15, 0.2) is 36.4 Å². The zero-order valence-electron chi connectivity index (χ0n) is 16.6. The number of nitrogen functional groups attached to an aromatic ring is 1. The van der Waals surface area contributed by atoms with Gasteiger partial charge in [0.1, 0.15) is 6.61 Å². The van der Waals surface area contributed by atoms with Gasteiger partial charge in [0.05, 0.1) is 17.8 Å². The fourth-order valence-corrected chi connectivity index (χ4v) is 2.68. The van der Waals surface area contributed by atoms with E-state index >= 15 is 0 Å². The molecule has 1 aromatic carbocycles. The molecule has 3 rings (SSSR count). The van der Waals surface area contributed by atoms with Crippen LogP contribution < -0.4 is 15.8 Å². The van der Waals surface area contributed by atoms with Crippen molar-refractivity contribution in [2.75, 3.05) is 30.9 Å². The molecule has 0 atom stereocenters. The number of benzene rings is 1. The van der Waals surface area contributed by atoms with Gasteiger partial charge < -0.3 is 20.5 Å². The highest BCUT2D eigenvalue weighted by atomic mass is 16.5. The van der Waals surface area contributed by atoms with Crippen molar-refractivity contribution < 1.29 is 14.3 Å². The second-order valence-corrected chi connectivity index (χ2v) is 6.39. The zero-order valence-corrected chi connectivity index (χ0v) is 16.6. The summed E-state index contributed by atoms with van der Waals surface area (Å²) in [5, 5.41) is 2.83. The molecule has 8 heteroatoms. The van der Waals surface area contributed by atoms with E-state index in [1.807, 2.05) is 43.3 Å². The third-order valence-electron chi connectivity index (χ3n) is 4.13. The number of hydrogen-bond donors (Lipinski definition) is 2. The van der Waals surface area contributed by atoms with Crippen LogP contribution in [0.2, 0.25) is 0 Å². The molecule has 152 valence electrons. The lowest BCUT2D eigenvalue weighted by Gasteiger charge is -2.10. The van der Waals surface area contributed by atoms with Gasteiger partial charge in [-0.1, -0.05) is 26.0 Å².